The normalized spacial score (nSPS) is 27.6. The first kappa shape index (κ1) is 12.0. The zero-order chi connectivity index (χ0) is 12.5. The summed E-state index contributed by atoms with van der Waals surface area (Å²) in [5, 5.41) is 2.69. The monoisotopic (exact) mass is 234 g/mol. The average Bonchev–Trinajstić information content (AvgIpc) is 2.23. The van der Waals surface area contributed by atoms with Gasteiger partial charge in [-0.15, -0.1) is 0 Å². The molecule has 4 heteroatoms. The van der Waals surface area contributed by atoms with E-state index in [2.05, 4.69) is 17.2 Å². The van der Waals surface area contributed by atoms with Crippen LogP contribution >= 0.6 is 0 Å². The van der Waals surface area contributed by atoms with Crippen LogP contribution in [0.1, 0.15) is 33.1 Å². The first-order valence-corrected chi connectivity index (χ1v) is 6.08. The lowest BCUT2D eigenvalue weighted by Crippen LogP contribution is -2.67. The first-order chi connectivity index (χ1) is 8.07. The third-order valence-corrected chi connectivity index (χ3v) is 3.69. The molecule has 0 aromatic carbocycles. The Morgan fingerprint density at radius 1 is 1.59 bits per heavy atom. The van der Waals surface area contributed by atoms with Gasteiger partial charge in [-0.1, -0.05) is 5.92 Å². The van der Waals surface area contributed by atoms with Crippen molar-refractivity contribution in [3.8, 4) is 11.8 Å². The Hall–Kier alpha value is -1.50. The van der Waals surface area contributed by atoms with Crippen molar-refractivity contribution >= 4 is 11.8 Å². The summed E-state index contributed by atoms with van der Waals surface area (Å²) in [5.41, 5.74) is -0.416. The second-order valence-corrected chi connectivity index (χ2v) is 5.14. The van der Waals surface area contributed by atoms with Gasteiger partial charge in [0.15, 0.2) is 0 Å². The summed E-state index contributed by atoms with van der Waals surface area (Å²) in [6.45, 7) is 4.68. The van der Waals surface area contributed by atoms with Crippen molar-refractivity contribution in [1.82, 2.24) is 10.2 Å². The molecule has 0 bridgehead atoms. The van der Waals surface area contributed by atoms with E-state index >= 15 is 0 Å². The summed E-state index contributed by atoms with van der Waals surface area (Å²) in [5.74, 6) is 4.82. The largest absolute Gasteiger partial charge is 0.344 e. The molecule has 1 heterocycles. The molecule has 0 aromatic heterocycles. The molecular formula is C13H18N2O2. The summed E-state index contributed by atoms with van der Waals surface area (Å²) in [6, 6.07) is 0.460. The zero-order valence-electron chi connectivity index (χ0n) is 10.4. The molecule has 1 N–H and O–H groups in total. The molecule has 1 saturated heterocycles. The van der Waals surface area contributed by atoms with Gasteiger partial charge in [0.25, 0.3) is 5.91 Å². The summed E-state index contributed by atoms with van der Waals surface area (Å²) in [6.07, 6.45) is 3.50. The van der Waals surface area contributed by atoms with Gasteiger partial charge in [0.1, 0.15) is 0 Å². The fraction of sp³-hybridized carbons (Fsp3) is 0.692. The van der Waals surface area contributed by atoms with Crippen LogP contribution < -0.4 is 5.32 Å². The lowest BCUT2D eigenvalue weighted by Gasteiger charge is -2.52. The highest BCUT2D eigenvalue weighted by molar-refractivity contribution is 5.94. The predicted molar refractivity (Wildman–Crippen MR) is 63.9 cm³/mol. The SMILES string of the molecule is CC#CC(=O)NCC1(C)CN(C2CCC2)C1=O. The minimum Gasteiger partial charge on any atom is -0.344 e. The average molecular weight is 234 g/mol. The lowest BCUT2D eigenvalue weighted by atomic mass is 9.76. The molecule has 1 unspecified atom stereocenters. The summed E-state index contributed by atoms with van der Waals surface area (Å²) in [7, 11) is 0. The van der Waals surface area contributed by atoms with Crippen molar-refractivity contribution in [1.29, 1.82) is 0 Å². The van der Waals surface area contributed by atoms with E-state index < -0.39 is 5.41 Å². The van der Waals surface area contributed by atoms with E-state index in [1.54, 1.807) is 6.92 Å². The molecule has 0 aromatic rings. The van der Waals surface area contributed by atoms with Crippen molar-refractivity contribution in [3.05, 3.63) is 0 Å². The summed E-state index contributed by atoms with van der Waals surface area (Å²) >= 11 is 0. The van der Waals surface area contributed by atoms with E-state index in [1.807, 2.05) is 11.8 Å². The number of likely N-dealkylation sites (tertiary alicyclic amines) is 1. The van der Waals surface area contributed by atoms with Crippen LogP contribution in [0.15, 0.2) is 0 Å². The van der Waals surface area contributed by atoms with Gasteiger partial charge in [-0.2, -0.15) is 0 Å². The molecule has 0 spiro atoms. The maximum atomic E-state index is 12.0. The number of hydrogen-bond donors (Lipinski definition) is 1. The molecule has 92 valence electrons. The Bertz CT molecular complexity index is 403. The van der Waals surface area contributed by atoms with Crippen LogP contribution in [0.3, 0.4) is 0 Å². The highest BCUT2D eigenvalue weighted by atomic mass is 16.2. The maximum Gasteiger partial charge on any atom is 0.295 e. The van der Waals surface area contributed by atoms with Gasteiger partial charge in [-0.25, -0.2) is 0 Å². The summed E-state index contributed by atoms with van der Waals surface area (Å²) < 4.78 is 0. The second kappa shape index (κ2) is 4.40. The Balaban J connectivity index is 1.83. The number of β-lactam (4-membered cyclic amide) rings is 1. The number of carbonyl (C=O) groups excluding carboxylic acids is 2. The van der Waals surface area contributed by atoms with Gasteiger partial charge in [0, 0.05) is 19.1 Å². The van der Waals surface area contributed by atoms with Crippen LogP contribution in [0.2, 0.25) is 0 Å². The third kappa shape index (κ3) is 2.14. The Morgan fingerprint density at radius 2 is 2.29 bits per heavy atom. The highest BCUT2D eigenvalue weighted by Gasteiger charge is 2.51. The molecule has 1 aliphatic heterocycles. The molecule has 0 radical (unpaired) electrons. The Morgan fingerprint density at radius 3 is 2.76 bits per heavy atom. The number of nitrogens with zero attached hydrogens (tertiary/aromatic N) is 1. The van der Waals surface area contributed by atoms with Crippen LogP contribution in [0.5, 0.6) is 0 Å². The predicted octanol–water partition coefficient (Wildman–Crippen LogP) is 0.527. The van der Waals surface area contributed by atoms with Crippen molar-refractivity contribution in [2.75, 3.05) is 13.1 Å². The van der Waals surface area contributed by atoms with Gasteiger partial charge in [0.05, 0.1) is 5.41 Å². The Labute approximate surface area is 102 Å². The summed E-state index contributed by atoms with van der Waals surface area (Å²) in [4.78, 5) is 25.2. The number of rotatable bonds is 3. The minimum absolute atomic E-state index is 0.173. The van der Waals surface area contributed by atoms with Gasteiger partial charge in [-0.05, 0) is 39.0 Å². The third-order valence-electron chi connectivity index (χ3n) is 3.69. The van der Waals surface area contributed by atoms with E-state index in [4.69, 9.17) is 0 Å². The number of carbonyl (C=O) groups is 2. The molecule has 1 saturated carbocycles. The lowest BCUT2D eigenvalue weighted by molar-refractivity contribution is -0.165. The smallest absolute Gasteiger partial charge is 0.295 e. The van der Waals surface area contributed by atoms with Crippen LogP contribution in [0, 0.1) is 17.3 Å². The molecule has 17 heavy (non-hydrogen) atoms. The molecule has 2 rings (SSSR count). The van der Waals surface area contributed by atoms with Crippen LogP contribution in [0.4, 0.5) is 0 Å². The molecule has 2 fully saturated rings. The zero-order valence-corrected chi connectivity index (χ0v) is 10.4. The Kier molecular flexibility index (Phi) is 3.10. The number of hydrogen-bond acceptors (Lipinski definition) is 2. The van der Waals surface area contributed by atoms with Crippen molar-refractivity contribution in [2.45, 2.75) is 39.2 Å². The molecule has 4 nitrogen and oxygen atoms in total. The van der Waals surface area contributed by atoms with E-state index in [0.29, 0.717) is 12.6 Å². The quantitative estimate of drug-likeness (QED) is 0.572. The minimum atomic E-state index is -0.416. The van der Waals surface area contributed by atoms with Crippen molar-refractivity contribution in [3.63, 3.8) is 0 Å². The highest BCUT2D eigenvalue weighted by Crippen LogP contribution is 2.38. The number of amides is 2. The number of nitrogens with one attached hydrogen (secondary N) is 1. The van der Waals surface area contributed by atoms with Gasteiger partial charge < -0.3 is 10.2 Å². The fourth-order valence-electron chi connectivity index (χ4n) is 2.33. The van der Waals surface area contributed by atoms with Crippen LogP contribution in [-0.2, 0) is 9.59 Å². The molecule has 2 amide bonds. The second-order valence-electron chi connectivity index (χ2n) is 5.14. The van der Waals surface area contributed by atoms with E-state index in [1.165, 1.54) is 6.42 Å². The van der Waals surface area contributed by atoms with Crippen molar-refractivity contribution in [2.24, 2.45) is 5.41 Å². The van der Waals surface area contributed by atoms with Gasteiger partial charge >= 0.3 is 0 Å². The van der Waals surface area contributed by atoms with Crippen molar-refractivity contribution < 1.29 is 9.59 Å². The van der Waals surface area contributed by atoms with Gasteiger partial charge in [0.2, 0.25) is 5.91 Å². The molecule has 1 atom stereocenters. The van der Waals surface area contributed by atoms with Crippen LogP contribution in [0.25, 0.3) is 0 Å². The van der Waals surface area contributed by atoms with Crippen LogP contribution in [-0.4, -0.2) is 35.8 Å². The molecule has 2 aliphatic rings. The fourth-order valence-corrected chi connectivity index (χ4v) is 2.33. The first-order valence-electron chi connectivity index (χ1n) is 6.08. The standard InChI is InChI=1S/C13H18N2O2/c1-3-5-11(16)14-8-13(2)9-15(12(13)17)10-6-4-7-10/h10H,4,6-9H2,1-2H3,(H,14,16). The van der Waals surface area contributed by atoms with E-state index in [0.717, 1.165) is 19.4 Å². The molecular weight excluding hydrogens is 216 g/mol. The van der Waals surface area contributed by atoms with Gasteiger partial charge in [-0.3, -0.25) is 9.59 Å². The van der Waals surface area contributed by atoms with E-state index in [9.17, 15) is 9.59 Å². The molecule has 1 aliphatic carbocycles. The topological polar surface area (TPSA) is 49.4 Å². The van der Waals surface area contributed by atoms with E-state index in [-0.39, 0.29) is 11.8 Å². The maximum absolute atomic E-state index is 12.0.